The average molecular weight is 337 g/mol. The van der Waals surface area contributed by atoms with E-state index in [9.17, 15) is 14.0 Å². The molecule has 1 aromatic heterocycles. The monoisotopic (exact) mass is 337 g/mol. The third-order valence-electron chi connectivity index (χ3n) is 4.52. The third-order valence-corrected chi connectivity index (χ3v) is 4.52. The fraction of sp³-hybridized carbons (Fsp3) is 0.211. The van der Waals surface area contributed by atoms with Gasteiger partial charge in [-0.1, -0.05) is 24.3 Å². The molecule has 0 saturated carbocycles. The maximum Gasteiger partial charge on any atom is 0.248 e. The smallest absolute Gasteiger partial charge is 0.248 e. The van der Waals surface area contributed by atoms with Crippen molar-refractivity contribution in [2.24, 2.45) is 0 Å². The van der Waals surface area contributed by atoms with Crippen LogP contribution in [0.1, 0.15) is 12.0 Å². The number of carbonyl (C=O) groups excluding carboxylic acids is 1. The molecule has 0 N–H and O–H groups in total. The van der Waals surface area contributed by atoms with Gasteiger partial charge in [0.25, 0.3) is 0 Å². The number of anilines is 1. The van der Waals surface area contributed by atoms with Crippen molar-refractivity contribution in [1.82, 2.24) is 9.78 Å². The van der Waals surface area contributed by atoms with Crippen LogP contribution in [0.25, 0.3) is 10.9 Å². The molecule has 0 radical (unpaired) electrons. The van der Waals surface area contributed by atoms with Crippen molar-refractivity contribution in [2.75, 3.05) is 11.4 Å². The number of para-hydroxylation sites is 2. The van der Waals surface area contributed by atoms with Crippen LogP contribution in [-0.4, -0.2) is 22.2 Å². The van der Waals surface area contributed by atoms with E-state index in [2.05, 4.69) is 5.10 Å². The fourth-order valence-corrected chi connectivity index (χ4v) is 3.35. The minimum absolute atomic E-state index is 0.0471. The summed E-state index contributed by atoms with van der Waals surface area (Å²) in [5.74, 6) is -0.629. The van der Waals surface area contributed by atoms with Crippen LogP contribution < -0.4 is 10.3 Å². The molecule has 0 spiro atoms. The van der Waals surface area contributed by atoms with Crippen LogP contribution in [-0.2, 0) is 17.8 Å². The second-order valence-corrected chi connectivity index (χ2v) is 6.08. The molecule has 1 aliphatic rings. The van der Waals surface area contributed by atoms with E-state index in [-0.39, 0.29) is 23.7 Å². The Morgan fingerprint density at radius 3 is 2.88 bits per heavy atom. The Morgan fingerprint density at radius 2 is 2.00 bits per heavy atom. The summed E-state index contributed by atoms with van der Waals surface area (Å²) in [5, 5.41) is 4.59. The van der Waals surface area contributed by atoms with Crippen molar-refractivity contribution in [1.29, 1.82) is 0 Å². The van der Waals surface area contributed by atoms with Crippen molar-refractivity contribution in [3.8, 4) is 0 Å². The summed E-state index contributed by atoms with van der Waals surface area (Å²) in [7, 11) is 0. The maximum absolute atomic E-state index is 14.3. The van der Waals surface area contributed by atoms with Crippen molar-refractivity contribution < 1.29 is 9.18 Å². The highest BCUT2D eigenvalue weighted by Crippen LogP contribution is 2.30. The predicted molar refractivity (Wildman–Crippen MR) is 93.1 cm³/mol. The summed E-state index contributed by atoms with van der Waals surface area (Å²) in [4.78, 5) is 26.2. The summed E-state index contributed by atoms with van der Waals surface area (Å²) in [6.07, 6.45) is 2.76. The molecule has 5 nitrogen and oxygen atoms in total. The average Bonchev–Trinajstić information content (AvgIpc) is 2.64. The second kappa shape index (κ2) is 6.12. The molecule has 0 unspecified atom stereocenters. The van der Waals surface area contributed by atoms with Gasteiger partial charge in [-0.3, -0.25) is 14.3 Å². The standard InChI is InChI=1S/C19H16FN3O2/c20-15-8-3-5-13-6-4-10-22(19(13)15)18(25)12-23-16-9-2-1-7-14(16)17(24)11-21-23/h1-3,5,7-9,11H,4,6,10,12H2. The Labute approximate surface area is 143 Å². The Balaban J connectivity index is 1.71. The van der Waals surface area contributed by atoms with E-state index in [0.29, 0.717) is 23.1 Å². The highest BCUT2D eigenvalue weighted by atomic mass is 19.1. The molecule has 0 saturated heterocycles. The van der Waals surface area contributed by atoms with Gasteiger partial charge in [0.2, 0.25) is 11.3 Å². The first-order valence-electron chi connectivity index (χ1n) is 8.18. The summed E-state index contributed by atoms with van der Waals surface area (Å²) >= 11 is 0. The molecule has 0 bridgehead atoms. The largest absolute Gasteiger partial charge is 0.308 e. The molecule has 6 heteroatoms. The number of hydrogen-bond donors (Lipinski definition) is 0. The van der Waals surface area contributed by atoms with E-state index in [1.165, 1.54) is 21.8 Å². The molecule has 4 rings (SSSR count). The summed E-state index contributed by atoms with van der Waals surface area (Å²) < 4.78 is 15.8. The van der Waals surface area contributed by atoms with Crippen molar-refractivity contribution >= 4 is 22.5 Å². The molecule has 1 amide bonds. The number of rotatable bonds is 2. The van der Waals surface area contributed by atoms with Gasteiger partial charge in [-0.25, -0.2) is 4.39 Å². The molecule has 0 fully saturated rings. The van der Waals surface area contributed by atoms with Gasteiger partial charge in [-0.15, -0.1) is 0 Å². The SMILES string of the molecule is O=C(Cn1ncc(=O)c2ccccc21)N1CCCc2cccc(F)c21. The number of nitrogens with zero attached hydrogens (tertiary/aromatic N) is 3. The molecule has 2 heterocycles. The lowest BCUT2D eigenvalue weighted by Crippen LogP contribution is -2.39. The highest BCUT2D eigenvalue weighted by Gasteiger charge is 2.26. The first-order chi connectivity index (χ1) is 12.1. The molecule has 0 atom stereocenters. The van der Waals surface area contributed by atoms with Crippen molar-refractivity contribution in [2.45, 2.75) is 19.4 Å². The van der Waals surface area contributed by atoms with E-state index >= 15 is 0 Å². The van der Waals surface area contributed by atoms with Crippen LogP contribution >= 0.6 is 0 Å². The number of amides is 1. The molecular weight excluding hydrogens is 321 g/mol. The molecular formula is C19H16FN3O2. The molecule has 0 aliphatic carbocycles. The van der Waals surface area contributed by atoms with Gasteiger partial charge >= 0.3 is 0 Å². The van der Waals surface area contributed by atoms with E-state index in [1.807, 2.05) is 6.07 Å². The topological polar surface area (TPSA) is 55.2 Å². The Bertz CT molecular complexity index is 1030. The van der Waals surface area contributed by atoms with Gasteiger partial charge in [0.15, 0.2) is 0 Å². The Hall–Kier alpha value is -3.02. The number of halogens is 1. The van der Waals surface area contributed by atoms with Crippen LogP contribution in [0.4, 0.5) is 10.1 Å². The van der Waals surface area contributed by atoms with Crippen LogP contribution in [0.5, 0.6) is 0 Å². The number of aryl methyl sites for hydroxylation is 1. The normalized spacial score (nSPS) is 13.7. The zero-order chi connectivity index (χ0) is 17.4. The lowest BCUT2D eigenvalue weighted by atomic mass is 10.0. The van der Waals surface area contributed by atoms with Gasteiger partial charge in [-0.2, -0.15) is 5.10 Å². The quantitative estimate of drug-likeness (QED) is 0.722. The fourth-order valence-electron chi connectivity index (χ4n) is 3.35. The number of carbonyl (C=O) groups is 1. The van der Waals surface area contributed by atoms with Crippen LogP contribution in [0, 0.1) is 5.82 Å². The maximum atomic E-state index is 14.3. The minimum atomic E-state index is -0.386. The Morgan fingerprint density at radius 1 is 1.16 bits per heavy atom. The van der Waals surface area contributed by atoms with Gasteiger partial charge in [-0.05, 0) is 36.6 Å². The van der Waals surface area contributed by atoms with Crippen LogP contribution in [0.2, 0.25) is 0 Å². The summed E-state index contributed by atoms with van der Waals surface area (Å²) in [6, 6.07) is 11.9. The molecule has 3 aromatic rings. The molecule has 2 aromatic carbocycles. The number of fused-ring (bicyclic) bond motifs is 2. The third kappa shape index (κ3) is 2.69. The minimum Gasteiger partial charge on any atom is -0.308 e. The van der Waals surface area contributed by atoms with Crippen molar-refractivity contribution in [3.05, 3.63) is 70.3 Å². The molecule has 25 heavy (non-hydrogen) atoms. The highest BCUT2D eigenvalue weighted by molar-refractivity contribution is 5.95. The molecule has 1 aliphatic heterocycles. The van der Waals surface area contributed by atoms with E-state index < -0.39 is 0 Å². The van der Waals surface area contributed by atoms with E-state index in [0.717, 1.165) is 18.4 Å². The van der Waals surface area contributed by atoms with Gasteiger partial charge in [0.05, 0.1) is 17.4 Å². The van der Waals surface area contributed by atoms with E-state index in [1.54, 1.807) is 30.3 Å². The van der Waals surface area contributed by atoms with Gasteiger partial charge in [0, 0.05) is 11.9 Å². The first-order valence-corrected chi connectivity index (χ1v) is 8.18. The first kappa shape index (κ1) is 15.5. The lowest BCUT2D eigenvalue weighted by Gasteiger charge is -2.30. The van der Waals surface area contributed by atoms with Crippen molar-refractivity contribution in [3.63, 3.8) is 0 Å². The van der Waals surface area contributed by atoms with Crippen LogP contribution in [0.3, 0.4) is 0 Å². The van der Waals surface area contributed by atoms with Crippen LogP contribution in [0.15, 0.2) is 53.5 Å². The predicted octanol–water partition coefficient (Wildman–Crippen LogP) is 2.52. The zero-order valence-corrected chi connectivity index (χ0v) is 13.5. The molecule has 126 valence electrons. The van der Waals surface area contributed by atoms with Gasteiger partial charge < -0.3 is 4.90 Å². The summed E-state index contributed by atoms with van der Waals surface area (Å²) in [6.45, 7) is 0.430. The lowest BCUT2D eigenvalue weighted by molar-refractivity contribution is -0.119. The Kier molecular flexibility index (Phi) is 3.80. The number of hydrogen-bond acceptors (Lipinski definition) is 3. The van der Waals surface area contributed by atoms with E-state index in [4.69, 9.17) is 0 Å². The number of benzene rings is 2. The second-order valence-electron chi connectivity index (χ2n) is 6.08. The zero-order valence-electron chi connectivity index (χ0n) is 13.5. The summed E-state index contributed by atoms with van der Waals surface area (Å²) in [5.41, 5.74) is 1.62. The van der Waals surface area contributed by atoms with Gasteiger partial charge in [0.1, 0.15) is 12.4 Å². The number of aromatic nitrogens is 2.